The number of fused-ring (bicyclic) bond motifs is 2. The van der Waals surface area contributed by atoms with E-state index >= 15 is 0 Å². The van der Waals surface area contributed by atoms with Crippen LogP contribution in [-0.2, 0) is 4.79 Å². The first-order valence-corrected chi connectivity index (χ1v) is 8.84. The smallest absolute Gasteiger partial charge is 0.289 e. The van der Waals surface area contributed by atoms with Gasteiger partial charge in [-0.25, -0.2) is 0 Å². The summed E-state index contributed by atoms with van der Waals surface area (Å²) < 4.78 is 5.17. The van der Waals surface area contributed by atoms with Crippen molar-refractivity contribution in [3.05, 3.63) is 24.2 Å². The molecular formula is C18H24N2O3. The van der Waals surface area contributed by atoms with Crippen molar-refractivity contribution < 1.29 is 14.0 Å². The van der Waals surface area contributed by atoms with E-state index in [-0.39, 0.29) is 23.8 Å². The van der Waals surface area contributed by atoms with E-state index in [2.05, 4.69) is 5.32 Å². The maximum atomic E-state index is 12.5. The summed E-state index contributed by atoms with van der Waals surface area (Å²) in [6.07, 6.45) is 8.09. The molecule has 5 nitrogen and oxygen atoms in total. The lowest BCUT2D eigenvalue weighted by Gasteiger charge is -2.33. The Bertz CT molecular complexity index is 575. The molecule has 2 aliphatic carbocycles. The Morgan fingerprint density at radius 2 is 1.96 bits per heavy atom. The van der Waals surface area contributed by atoms with Crippen LogP contribution in [0, 0.1) is 17.8 Å². The number of nitrogens with one attached hydrogen (secondary N) is 1. The second-order valence-electron chi connectivity index (χ2n) is 7.33. The van der Waals surface area contributed by atoms with E-state index in [1.54, 1.807) is 12.1 Å². The zero-order valence-electron chi connectivity index (χ0n) is 13.4. The zero-order valence-corrected chi connectivity index (χ0v) is 13.4. The highest BCUT2D eigenvalue weighted by Gasteiger charge is 2.43. The van der Waals surface area contributed by atoms with Crippen LogP contribution in [0.1, 0.15) is 49.1 Å². The minimum absolute atomic E-state index is 0.0483. The molecule has 0 radical (unpaired) electrons. The van der Waals surface area contributed by atoms with E-state index in [0.29, 0.717) is 24.8 Å². The monoisotopic (exact) mass is 316 g/mol. The SMILES string of the molecule is O=C(NC1CCN(C(=O)c2ccco2)CC1)C1CC2CCC1C2. The lowest BCUT2D eigenvalue weighted by molar-refractivity contribution is -0.127. The van der Waals surface area contributed by atoms with Gasteiger partial charge in [-0.15, -0.1) is 0 Å². The van der Waals surface area contributed by atoms with Gasteiger partial charge in [-0.05, 0) is 56.1 Å². The molecule has 1 aromatic rings. The fraction of sp³-hybridized carbons (Fsp3) is 0.667. The molecule has 2 saturated carbocycles. The third kappa shape index (κ3) is 2.89. The number of rotatable bonds is 3. The summed E-state index contributed by atoms with van der Waals surface area (Å²) in [7, 11) is 0. The predicted octanol–water partition coefficient (Wildman–Crippen LogP) is 2.44. The Morgan fingerprint density at radius 3 is 2.57 bits per heavy atom. The molecule has 3 unspecified atom stereocenters. The third-order valence-electron chi connectivity index (χ3n) is 5.94. The van der Waals surface area contributed by atoms with Crippen LogP contribution in [0.4, 0.5) is 0 Å². The van der Waals surface area contributed by atoms with E-state index in [1.807, 2.05) is 4.90 Å². The molecular weight excluding hydrogens is 292 g/mol. The van der Waals surface area contributed by atoms with Gasteiger partial charge in [0, 0.05) is 25.0 Å². The largest absolute Gasteiger partial charge is 0.459 e. The summed E-state index contributed by atoms with van der Waals surface area (Å²) in [5.41, 5.74) is 0. The number of likely N-dealkylation sites (tertiary alicyclic amines) is 1. The summed E-state index contributed by atoms with van der Waals surface area (Å²) in [4.78, 5) is 26.5. The Hall–Kier alpha value is -1.78. The van der Waals surface area contributed by atoms with Gasteiger partial charge < -0.3 is 14.6 Å². The number of hydrogen-bond donors (Lipinski definition) is 1. The molecule has 1 N–H and O–H groups in total. The van der Waals surface area contributed by atoms with Crippen molar-refractivity contribution in [2.75, 3.05) is 13.1 Å². The van der Waals surface area contributed by atoms with Gasteiger partial charge in [0.1, 0.15) is 0 Å². The predicted molar refractivity (Wildman–Crippen MR) is 84.7 cm³/mol. The maximum Gasteiger partial charge on any atom is 0.289 e. The van der Waals surface area contributed by atoms with Gasteiger partial charge in [0.05, 0.1) is 6.26 Å². The van der Waals surface area contributed by atoms with Crippen LogP contribution in [0.5, 0.6) is 0 Å². The highest BCUT2D eigenvalue weighted by atomic mass is 16.3. The van der Waals surface area contributed by atoms with Crippen LogP contribution in [0.15, 0.2) is 22.8 Å². The second-order valence-corrected chi connectivity index (χ2v) is 7.33. The van der Waals surface area contributed by atoms with E-state index in [4.69, 9.17) is 4.42 Å². The van der Waals surface area contributed by atoms with Crippen molar-refractivity contribution in [2.45, 2.75) is 44.6 Å². The molecule has 5 heteroatoms. The minimum atomic E-state index is -0.0483. The highest BCUT2D eigenvalue weighted by Crippen LogP contribution is 2.48. The van der Waals surface area contributed by atoms with Crippen molar-refractivity contribution in [1.29, 1.82) is 0 Å². The summed E-state index contributed by atoms with van der Waals surface area (Å²) >= 11 is 0. The summed E-state index contributed by atoms with van der Waals surface area (Å²) in [5.74, 6) is 2.27. The van der Waals surface area contributed by atoms with Crippen LogP contribution in [0.3, 0.4) is 0 Å². The number of carbonyl (C=O) groups is 2. The summed E-state index contributed by atoms with van der Waals surface area (Å²) in [5, 5.41) is 3.24. The number of nitrogens with zero attached hydrogens (tertiary/aromatic N) is 1. The minimum Gasteiger partial charge on any atom is -0.459 e. The van der Waals surface area contributed by atoms with Crippen LogP contribution < -0.4 is 5.32 Å². The third-order valence-corrected chi connectivity index (χ3v) is 5.94. The maximum absolute atomic E-state index is 12.5. The van der Waals surface area contributed by atoms with Crippen LogP contribution >= 0.6 is 0 Å². The summed E-state index contributed by atoms with van der Waals surface area (Å²) in [6, 6.07) is 3.64. The van der Waals surface area contributed by atoms with Crippen molar-refractivity contribution in [3.8, 4) is 0 Å². The van der Waals surface area contributed by atoms with Gasteiger partial charge >= 0.3 is 0 Å². The van der Waals surface area contributed by atoms with Gasteiger partial charge in [-0.1, -0.05) is 6.42 Å². The van der Waals surface area contributed by atoms with E-state index in [0.717, 1.165) is 25.2 Å². The molecule has 2 amide bonds. The standard InChI is InChI=1S/C18H24N2O3/c21-17(15-11-12-3-4-13(15)10-12)19-14-5-7-20(8-6-14)18(22)16-2-1-9-23-16/h1-2,9,12-15H,3-8,10-11H2,(H,19,21). The molecule has 2 bridgehead atoms. The summed E-state index contributed by atoms with van der Waals surface area (Å²) in [6.45, 7) is 1.36. The zero-order chi connectivity index (χ0) is 15.8. The normalized spacial score (nSPS) is 30.6. The first-order valence-electron chi connectivity index (χ1n) is 8.84. The van der Waals surface area contributed by atoms with Gasteiger partial charge in [0.15, 0.2) is 5.76 Å². The Kier molecular flexibility index (Phi) is 3.87. The molecule has 3 aliphatic rings. The molecule has 124 valence electrons. The molecule has 1 aromatic heterocycles. The fourth-order valence-corrected chi connectivity index (χ4v) is 4.66. The van der Waals surface area contributed by atoms with Gasteiger partial charge in [0.2, 0.25) is 5.91 Å². The molecule has 3 atom stereocenters. The van der Waals surface area contributed by atoms with Crippen molar-refractivity contribution >= 4 is 11.8 Å². The molecule has 1 aliphatic heterocycles. The van der Waals surface area contributed by atoms with Crippen LogP contribution in [-0.4, -0.2) is 35.8 Å². The average Bonchev–Trinajstić information content (AvgIpc) is 3.32. The molecule has 23 heavy (non-hydrogen) atoms. The first-order chi connectivity index (χ1) is 11.2. The fourth-order valence-electron chi connectivity index (χ4n) is 4.66. The topological polar surface area (TPSA) is 62.6 Å². The van der Waals surface area contributed by atoms with E-state index in [9.17, 15) is 9.59 Å². The average molecular weight is 316 g/mol. The number of furan rings is 1. The van der Waals surface area contributed by atoms with Gasteiger partial charge in [-0.2, -0.15) is 0 Å². The van der Waals surface area contributed by atoms with Crippen LogP contribution in [0.25, 0.3) is 0 Å². The Balaban J connectivity index is 1.27. The second kappa shape index (κ2) is 6.02. The number of hydrogen-bond acceptors (Lipinski definition) is 3. The Morgan fingerprint density at radius 1 is 1.13 bits per heavy atom. The van der Waals surface area contributed by atoms with Gasteiger partial charge in [-0.3, -0.25) is 9.59 Å². The highest BCUT2D eigenvalue weighted by molar-refractivity contribution is 5.91. The molecule has 3 fully saturated rings. The number of carbonyl (C=O) groups excluding carboxylic acids is 2. The Labute approximate surface area is 136 Å². The van der Waals surface area contributed by atoms with Crippen LogP contribution in [0.2, 0.25) is 0 Å². The van der Waals surface area contributed by atoms with E-state index < -0.39 is 0 Å². The molecule has 0 spiro atoms. The lowest BCUT2D eigenvalue weighted by atomic mass is 9.87. The lowest BCUT2D eigenvalue weighted by Crippen LogP contribution is -2.48. The van der Waals surface area contributed by atoms with Crippen molar-refractivity contribution in [3.63, 3.8) is 0 Å². The van der Waals surface area contributed by atoms with Crippen molar-refractivity contribution in [1.82, 2.24) is 10.2 Å². The van der Waals surface area contributed by atoms with Gasteiger partial charge in [0.25, 0.3) is 5.91 Å². The first kappa shape index (κ1) is 14.8. The molecule has 0 aromatic carbocycles. The number of piperidine rings is 1. The van der Waals surface area contributed by atoms with Crippen molar-refractivity contribution in [2.24, 2.45) is 17.8 Å². The molecule has 2 heterocycles. The quantitative estimate of drug-likeness (QED) is 0.931. The molecule has 4 rings (SSSR count). The number of amides is 2. The van der Waals surface area contributed by atoms with E-state index in [1.165, 1.54) is 25.5 Å². The molecule has 1 saturated heterocycles.